The van der Waals surface area contributed by atoms with Gasteiger partial charge in [-0.15, -0.1) is 0 Å². The van der Waals surface area contributed by atoms with E-state index < -0.39 is 5.97 Å². The molecule has 0 saturated carbocycles. The van der Waals surface area contributed by atoms with Gasteiger partial charge in [-0.3, -0.25) is 4.79 Å². The number of ether oxygens (including phenoxy) is 1. The third-order valence-electron chi connectivity index (χ3n) is 4.91. The van der Waals surface area contributed by atoms with Crippen molar-refractivity contribution in [2.24, 2.45) is 0 Å². The van der Waals surface area contributed by atoms with Gasteiger partial charge in [0, 0.05) is 18.3 Å². The summed E-state index contributed by atoms with van der Waals surface area (Å²) >= 11 is 0. The van der Waals surface area contributed by atoms with Crippen LogP contribution in [0, 0.1) is 6.92 Å². The topological polar surface area (TPSA) is 80.3 Å². The molecule has 0 spiro atoms. The zero-order chi connectivity index (χ0) is 22.2. The van der Waals surface area contributed by atoms with Gasteiger partial charge in [0.05, 0.1) is 19.3 Å². The molecule has 6 nitrogen and oxygen atoms in total. The minimum atomic E-state index is -0.600. The fourth-order valence-corrected chi connectivity index (χ4v) is 3.28. The van der Waals surface area contributed by atoms with Crippen molar-refractivity contribution in [3.8, 4) is 11.1 Å². The summed E-state index contributed by atoms with van der Waals surface area (Å²) in [5.74, 6) is -0.865. The van der Waals surface area contributed by atoms with E-state index in [1.54, 1.807) is 12.3 Å². The van der Waals surface area contributed by atoms with Crippen LogP contribution in [0.5, 0.6) is 0 Å². The Morgan fingerprint density at radius 2 is 1.77 bits per heavy atom. The molecule has 160 valence electrons. The quantitative estimate of drug-likeness (QED) is 0.539. The van der Waals surface area contributed by atoms with Gasteiger partial charge in [0.15, 0.2) is 5.69 Å². The second-order valence-corrected chi connectivity index (χ2v) is 7.31. The molecule has 0 aliphatic heterocycles. The van der Waals surface area contributed by atoms with Crippen molar-refractivity contribution in [1.29, 1.82) is 0 Å². The summed E-state index contributed by atoms with van der Waals surface area (Å²) in [5, 5.41) is 5.92. The molecule has 2 N–H and O–H groups in total. The Bertz CT molecular complexity index is 1080. The third kappa shape index (κ3) is 5.99. The molecule has 2 aromatic carbocycles. The van der Waals surface area contributed by atoms with Crippen LogP contribution < -0.4 is 10.6 Å². The highest BCUT2D eigenvalue weighted by Gasteiger charge is 2.17. The number of aromatic nitrogens is 1. The highest BCUT2D eigenvalue weighted by atomic mass is 16.5. The van der Waals surface area contributed by atoms with Gasteiger partial charge < -0.3 is 15.4 Å². The lowest BCUT2D eigenvalue weighted by Gasteiger charge is -2.12. The summed E-state index contributed by atoms with van der Waals surface area (Å²) < 4.78 is 4.82. The van der Waals surface area contributed by atoms with Crippen LogP contribution >= 0.6 is 0 Å². The molecule has 0 unspecified atom stereocenters. The van der Waals surface area contributed by atoms with E-state index in [4.69, 9.17) is 4.74 Å². The lowest BCUT2D eigenvalue weighted by atomic mass is 10.0. The smallest absolute Gasteiger partial charge is 0.358 e. The van der Waals surface area contributed by atoms with E-state index in [2.05, 4.69) is 40.7 Å². The standard InChI is InChI=1S/C25H27N3O3/c1-4-18-8-6-10-20(12-18)21-13-22(24(27-15-21)25(30)31-3)28-23(29)16-26-14-19-9-5-7-17(2)11-19/h5-13,15,26H,4,14,16H2,1-3H3,(H,28,29). The molecule has 0 aliphatic carbocycles. The maximum Gasteiger partial charge on any atom is 0.358 e. The highest BCUT2D eigenvalue weighted by Crippen LogP contribution is 2.25. The molecular formula is C25H27N3O3. The van der Waals surface area contributed by atoms with E-state index in [1.807, 2.05) is 37.3 Å². The number of methoxy groups -OCH3 is 1. The summed E-state index contributed by atoms with van der Waals surface area (Å²) in [5.41, 5.74) is 5.64. The van der Waals surface area contributed by atoms with Gasteiger partial charge in [0.1, 0.15) is 0 Å². The maximum absolute atomic E-state index is 12.5. The molecule has 0 bridgehead atoms. The van der Waals surface area contributed by atoms with E-state index in [9.17, 15) is 9.59 Å². The van der Waals surface area contributed by atoms with Crippen LogP contribution in [0.2, 0.25) is 0 Å². The molecule has 3 aromatic rings. The van der Waals surface area contributed by atoms with Crippen molar-refractivity contribution in [2.45, 2.75) is 26.8 Å². The van der Waals surface area contributed by atoms with Crippen LogP contribution in [-0.4, -0.2) is 30.5 Å². The van der Waals surface area contributed by atoms with E-state index in [-0.39, 0.29) is 18.1 Å². The van der Waals surface area contributed by atoms with Crippen LogP contribution in [0.3, 0.4) is 0 Å². The first-order valence-corrected chi connectivity index (χ1v) is 10.2. The van der Waals surface area contributed by atoms with Crippen molar-refractivity contribution in [2.75, 3.05) is 19.0 Å². The number of carbonyl (C=O) groups excluding carboxylic acids is 2. The molecule has 6 heteroatoms. The molecule has 0 saturated heterocycles. The molecule has 0 fully saturated rings. The Labute approximate surface area is 182 Å². The second-order valence-electron chi connectivity index (χ2n) is 7.31. The summed E-state index contributed by atoms with van der Waals surface area (Å²) in [6.07, 6.45) is 2.53. The van der Waals surface area contributed by atoms with E-state index >= 15 is 0 Å². The van der Waals surface area contributed by atoms with Gasteiger partial charge in [-0.1, -0.05) is 61.0 Å². The lowest BCUT2D eigenvalue weighted by molar-refractivity contribution is -0.115. The minimum absolute atomic E-state index is 0.0740. The van der Waals surface area contributed by atoms with Crippen LogP contribution in [-0.2, 0) is 22.5 Å². The molecule has 0 aliphatic rings. The highest BCUT2D eigenvalue weighted by molar-refractivity contribution is 6.01. The van der Waals surface area contributed by atoms with Crippen molar-refractivity contribution in [3.05, 3.63) is 83.2 Å². The average molecular weight is 418 g/mol. The van der Waals surface area contributed by atoms with Crippen LogP contribution in [0.1, 0.15) is 34.1 Å². The summed E-state index contributed by atoms with van der Waals surface area (Å²) in [4.78, 5) is 28.9. The number of anilines is 1. The normalized spacial score (nSPS) is 10.5. The Hall–Kier alpha value is -3.51. The number of carbonyl (C=O) groups is 2. The Morgan fingerprint density at radius 1 is 1.00 bits per heavy atom. The number of nitrogens with zero attached hydrogens (tertiary/aromatic N) is 1. The number of amides is 1. The zero-order valence-electron chi connectivity index (χ0n) is 18.1. The number of esters is 1. The first-order chi connectivity index (χ1) is 15.0. The first-order valence-electron chi connectivity index (χ1n) is 10.2. The molecule has 1 aromatic heterocycles. The van der Waals surface area contributed by atoms with E-state index in [1.165, 1.54) is 18.2 Å². The number of rotatable bonds is 8. The predicted octanol–water partition coefficient (Wildman–Crippen LogP) is 4.13. The van der Waals surface area contributed by atoms with Crippen LogP contribution in [0.15, 0.2) is 60.8 Å². The molecule has 0 radical (unpaired) electrons. The third-order valence-corrected chi connectivity index (χ3v) is 4.91. The first kappa shape index (κ1) is 22.2. The number of pyridine rings is 1. The maximum atomic E-state index is 12.5. The number of aryl methyl sites for hydroxylation is 2. The molecule has 3 rings (SSSR count). The van der Waals surface area contributed by atoms with Gasteiger partial charge in [-0.05, 0) is 36.1 Å². The Kier molecular flexibility index (Phi) is 7.51. The average Bonchev–Trinajstić information content (AvgIpc) is 2.78. The summed E-state index contributed by atoms with van der Waals surface area (Å²) in [6, 6.07) is 17.9. The van der Waals surface area contributed by atoms with Crippen molar-refractivity contribution < 1.29 is 14.3 Å². The molecule has 0 atom stereocenters. The van der Waals surface area contributed by atoms with Gasteiger partial charge >= 0.3 is 5.97 Å². The van der Waals surface area contributed by atoms with Gasteiger partial charge in [-0.2, -0.15) is 0 Å². The largest absolute Gasteiger partial charge is 0.464 e. The second kappa shape index (κ2) is 10.5. The van der Waals surface area contributed by atoms with E-state index in [0.29, 0.717) is 12.2 Å². The van der Waals surface area contributed by atoms with Crippen molar-refractivity contribution in [3.63, 3.8) is 0 Å². The predicted molar refractivity (Wildman–Crippen MR) is 122 cm³/mol. The fraction of sp³-hybridized carbons (Fsp3) is 0.240. The van der Waals surface area contributed by atoms with Crippen molar-refractivity contribution >= 4 is 17.6 Å². The molecule has 1 heterocycles. The van der Waals surface area contributed by atoms with Gasteiger partial charge in [0.2, 0.25) is 5.91 Å². The number of hydrogen-bond donors (Lipinski definition) is 2. The van der Waals surface area contributed by atoms with E-state index in [0.717, 1.165) is 23.1 Å². The van der Waals surface area contributed by atoms with Gasteiger partial charge in [0.25, 0.3) is 0 Å². The van der Waals surface area contributed by atoms with Crippen molar-refractivity contribution in [1.82, 2.24) is 10.3 Å². The Morgan fingerprint density at radius 3 is 2.52 bits per heavy atom. The Balaban J connectivity index is 1.75. The number of hydrogen-bond acceptors (Lipinski definition) is 5. The summed E-state index contributed by atoms with van der Waals surface area (Å²) in [6.45, 7) is 4.79. The lowest BCUT2D eigenvalue weighted by Crippen LogP contribution is -2.28. The molecule has 31 heavy (non-hydrogen) atoms. The zero-order valence-corrected chi connectivity index (χ0v) is 18.1. The summed E-state index contributed by atoms with van der Waals surface area (Å²) in [7, 11) is 1.29. The van der Waals surface area contributed by atoms with Crippen LogP contribution in [0.4, 0.5) is 5.69 Å². The van der Waals surface area contributed by atoms with Crippen LogP contribution in [0.25, 0.3) is 11.1 Å². The monoisotopic (exact) mass is 417 g/mol. The minimum Gasteiger partial charge on any atom is -0.464 e. The number of benzene rings is 2. The molecular weight excluding hydrogens is 390 g/mol. The fourth-order valence-electron chi connectivity index (χ4n) is 3.28. The SMILES string of the molecule is CCc1cccc(-c2cnc(C(=O)OC)c(NC(=O)CNCc3cccc(C)c3)c2)c1. The molecule has 1 amide bonds. The van der Waals surface area contributed by atoms with Gasteiger partial charge in [-0.25, -0.2) is 9.78 Å². The number of nitrogens with one attached hydrogen (secondary N) is 2.